The highest BCUT2D eigenvalue weighted by Gasteiger charge is 2.24. The molecule has 0 radical (unpaired) electrons. The second-order valence-corrected chi connectivity index (χ2v) is 3.71. The molecule has 0 aromatic heterocycles. The van der Waals surface area contributed by atoms with Crippen LogP contribution in [0, 0.1) is 5.92 Å². The molecule has 0 unspecified atom stereocenters. The molecule has 2 nitrogen and oxygen atoms in total. The summed E-state index contributed by atoms with van der Waals surface area (Å²) in [7, 11) is 0. The monoisotopic (exact) mass is 190 g/mol. The van der Waals surface area contributed by atoms with E-state index in [4.69, 9.17) is 0 Å². The lowest BCUT2D eigenvalue weighted by Crippen LogP contribution is -2.11. The smallest absolute Gasteiger partial charge is 0.0853 e. The van der Waals surface area contributed by atoms with E-state index in [9.17, 15) is 10.2 Å². The van der Waals surface area contributed by atoms with Crippen LogP contribution in [0.2, 0.25) is 0 Å². The average molecular weight is 190 g/mol. The van der Waals surface area contributed by atoms with Crippen molar-refractivity contribution in [3.63, 3.8) is 0 Å². The summed E-state index contributed by atoms with van der Waals surface area (Å²) in [6.45, 7) is 0. The Hall–Kier alpha value is -1.12. The first-order valence-corrected chi connectivity index (χ1v) is 4.87. The van der Waals surface area contributed by atoms with Gasteiger partial charge in [-0.15, -0.1) is 0 Å². The Morgan fingerprint density at radius 3 is 2.43 bits per heavy atom. The SMILES string of the molecule is O[C@@H]1C=C[C@H]([C@H](O)c2ccccc2)C1. The van der Waals surface area contributed by atoms with Crippen LogP contribution in [0.25, 0.3) is 0 Å². The molecule has 1 aliphatic rings. The maximum absolute atomic E-state index is 9.98. The number of rotatable bonds is 2. The van der Waals surface area contributed by atoms with Crippen LogP contribution in [0.3, 0.4) is 0 Å². The summed E-state index contributed by atoms with van der Waals surface area (Å²) in [6, 6.07) is 9.56. The Morgan fingerprint density at radius 1 is 1.14 bits per heavy atom. The Labute approximate surface area is 83.5 Å². The lowest BCUT2D eigenvalue weighted by molar-refractivity contribution is 0.108. The molecular weight excluding hydrogens is 176 g/mol. The van der Waals surface area contributed by atoms with E-state index < -0.39 is 12.2 Å². The van der Waals surface area contributed by atoms with Crippen molar-refractivity contribution in [1.29, 1.82) is 0 Å². The molecule has 74 valence electrons. The Kier molecular flexibility index (Phi) is 2.66. The summed E-state index contributed by atoms with van der Waals surface area (Å²) >= 11 is 0. The molecule has 0 aliphatic heterocycles. The van der Waals surface area contributed by atoms with Crippen LogP contribution in [0.1, 0.15) is 18.1 Å². The van der Waals surface area contributed by atoms with Gasteiger partial charge in [-0.1, -0.05) is 42.5 Å². The molecule has 2 rings (SSSR count). The summed E-state index contributed by atoms with van der Waals surface area (Å²) in [5.41, 5.74) is 0.913. The van der Waals surface area contributed by atoms with Crippen LogP contribution in [-0.4, -0.2) is 16.3 Å². The minimum atomic E-state index is -0.496. The van der Waals surface area contributed by atoms with Gasteiger partial charge in [0, 0.05) is 5.92 Å². The summed E-state index contributed by atoms with van der Waals surface area (Å²) < 4.78 is 0. The fourth-order valence-corrected chi connectivity index (χ4v) is 1.84. The highest BCUT2D eigenvalue weighted by atomic mass is 16.3. The molecule has 14 heavy (non-hydrogen) atoms. The van der Waals surface area contributed by atoms with Crippen LogP contribution in [-0.2, 0) is 0 Å². The summed E-state index contributed by atoms with van der Waals surface area (Å²) in [5.74, 6) is 0.0485. The van der Waals surface area contributed by atoms with Crippen molar-refractivity contribution in [2.24, 2.45) is 5.92 Å². The van der Waals surface area contributed by atoms with Gasteiger partial charge < -0.3 is 10.2 Å². The Bertz CT molecular complexity index is 318. The zero-order chi connectivity index (χ0) is 9.97. The van der Waals surface area contributed by atoms with Crippen molar-refractivity contribution in [3.05, 3.63) is 48.0 Å². The lowest BCUT2D eigenvalue weighted by Gasteiger charge is -2.17. The Morgan fingerprint density at radius 2 is 1.86 bits per heavy atom. The molecular formula is C12H14O2. The van der Waals surface area contributed by atoms with Gasteiger partial charge in [-0.25, -0.2) is 0 Å². The third-order valence-corrected chi connectivity index (χ3v) is 2.64. The molecule has 2 heteroatoms. The van der Waals surface area contributed by atoms with E-state index in [2.05, 4.69) is 0 Å². The fourth-order valence-electron chi connectivity index (χ4n) is 1.84. The van der Waals surface area contributed by atoms with Crippen LogP contribution < -0.4 is 0 Å². The molecule has 1 aliphatic carbocycles. The maximum atomic E-state index is 9.98. The van der Waals surface area contributed by atoms with E-state index in [-0.39, 0.29) is 5.92 Å². The highest BCUT2D eigenvalue weighted by Crippen LogP contribution is 2.30. The topological polar surface area (TPSA) is 40.5 Å². The van der Waals surface area contributed by atoms with Gasteiger partial charge in [0.15, 0.2) is 0 Å². The third kappa shape index (κ3) is 1.86. The van der Waals surface area contributed by atoms with Crippen molar-refractivity contribution in [2.45, 2.75) is 18.6 Å². The summed E-state index contributed by atoms with van der Waals surface area (Å²) in [6.07, 6.45) is 3.37. The van der Waals surface area contributed by atoms with E-state index >= 15 is 0 Å². The second-order valence-electron chi connectivity index (χ2n) is 3.71. The van der Waals surface area contributed by atoms with Gasteiger partial charge in [0.25, 0.3) is 0 Å². The first kappa shape index (κ1) is 9.44. The zero-order valence-corrected chi connectivity index (χ0v) is 7.88. The van der Waals surface area contributed by atoms with Crippen molar-refractivity contribution in [2.75, 3.05) is 0 Å². The van der Waals surface area contributed by atoms with Crippen LogP contribution in [0.15, 0.2) is 42.5 Å². The van der Waals surface area contributed by atoms with Gasteiger partial charge in [0.05, 0.1) is 12.2 Å². The lowest BCUT2D eigenvalue weighted by atomic mass is 9.95. The maximum Gasteiger partial charge on any atom is 0.0853 e. The molecule has 0 fully saturated rings. The molecule has 1 aromatic carbocycles. The number of aliphatic hydroxyl groups is 2. The quantitative estimate of drug-likeness (QED) is 0.696. The van der Waals surface area contributed by atoms with Gasteiger partial charge in [0.2, 0.25) is 0 Å². The Balaban J connectivity index is 2.10. The molecule has 0 amide bonds. The summed E-state index contributed by atoms with van der Waals surface area (Å²) in [4.78, 5) is 0. The molecule has 2 N–H and O–H groups in total. The van der Waals surface area contributed by atoms with E-state index in [1.807, 2.05) is 36.4 Å². The molecule has 0 heterocycles. The average Bonchev–Trinajstić information content (AvgIpc) is 2.65. The number of hydrogen-bond donors (Lipinski definition) is 2. The van der Waals surface area contributed by atoms with Crippen molar-refractivity contribution in [3.8, 4) is 0 Å². The van der Waals surface area contributed by atoms with Crippen LogP contribution >= 0.6 is 0 Å². The predicted octanol–water partition coefficient (Wildman–Crippen LogP) is 1.66. The third-order valence-electron chi connectivity index (χ3n) is 2.64. The van der Waals surface area contributed by atoms with E-state index in [1.54, 1.807) is 6.08 Å². The van der Waals surface area contributed by atoms with E-state index in [1.165, 1.54) is 0 Å². The van der Waals surface area contributed by atoms with Crippen LogP contribution in [0.4, 0.5) is 0 Å². The summed E-state index contributed by atoms with van der Waals surface area (Å²) in [5, 5.41) is 19.3. The van der Waals surface area contributed by atoms with Crippen molar-refractivity contribution in [1.82, 2.24) is 0 Å². The van der Waals surface area contributed by atoms with E-state index in [0.717, 1.165) is 5.56 Å². The molecule has 3 atom stereocenters. The van der Waals surface area contributed by atoms with Gasteiger partial charge in [-0.05, 0) is 12.0 Å². The molecule has 0 bridgehead atoms. The molecule has 0 saturated heterocycles. The van der Waals surface area contributed by atoms with E-state index in [0.29, 0.717) is 6.42 Å². The van der Waals surface area contributed by atoms with Gasteiger partial charge in [-0.2, -0.15) is 0 Å². The minimum Gasteiger partial charge on any atom is -0.389 e. The van der Waals surface area contributed by atoms with Gasteiger partial charge in [0.1, 0.15) is 0 Å². The first-order valence-electron chi connectivity index (χ1n) is 4.87. The highest BCUT2D eigenvalue weighted by molar-refractivity contribution is 5.20. The molecule has 0 saturated carbocycles. The second kappa shape index (κ2) is 3.95. The number of benzene rings is 1. The van der Waals surface area contributed by atoms with Crippen molar-refractivity contribution < 1.29 is 10.2 Å². The molecule has 1 aromatic rings. The molecule has 0 spiro atoms. The fraction of sp³-hybridized carbons (Fsp3) is 0.333. The standard InChI is InChI=1S/C12H14O2/c13-11-7-6-10(8-11)12(14)9-4-2-1-3-5-9/h1-7,10-14H,8H2/t10-,11+,12+/m0/s1. The van der Waals surface area contributed by atoms with Gasteiger partial charge in [-0.3, -0.25) is 0 Å². The van der Waals surface area contributed by atoms with Gasteiger partial charge >= 0.3 is 0 Å². The normalized spacial score (nSPS) is 27.9. The van der Waals surface area contributed by atoms with Crippen molar-refractivity contribution >= 4 is 0 Å². The predicted molar refractivity (Wildman–Crippen MR) is 54.7 cm³/mol. The number of aliphatic hydroxyl groups excluding tert-OH is 2. The van der Waals surface area contributed by atoms with Crippen LogP contribution in [0.5, 0.6) is 0 Å². The zero-order valence-electron chi connectivity index (χ0n) is 7.88. The number of hydrogen-bond acceptors (Lipinski definition) is 2. The minimum absolute atomic E-state index is 0.0485. The first-order chi connectivity index (χ1) is 6.77. The largest absolute Gasteiger partial charge is 0.389 e.